The molecule has 0 atom stereocenters. The van der Waals surface area contributed by atoms with Crippen molar-refractivity contribution in [1.82, 2.24) is 4.98 Å². The van der Waals surface area contributed by atoms with E-state index in [0.717, 1.165) is 0 Å². The second-order valence-electron chi connectivity index (χ2n) is 4.60. The SMILES string of the molecule is O=C(Nc1nc(-c2ccc(F)c(Cl)c2)cs1)c1ccccc1F. The molecule has 3 nitrogen and oxygen atoms in total. The van der Waals surface area contributed by atoms with Crippen LogP contribution in [0, 0.1) is 11.6 Å². The van der Waals surface area contributed by atoms with Gasteiger partial charge in [0.15, 0.2) is 5.13 Å². The van der Waals surface area contributed by atoms with Gasteiger partial charge >= 0.3 is 0 Å². The lowest BCUT2D eigenvalue weighted by atomic mass is 10.2. The van der Waals surface area contributed by atoms with E-state index in [1.807, 2.05) is 0 Å². The zero-order valence-electron chi connectivity index (χ0n) is 11.5. The van der Waals surface area contributed by atoms with Gasteiger partial charge in [0, 0.05) is 10.9 Å². The van der Waals surface area contributed by atoms with E-state index >= 15 is 0 Å². The average molecular weight is 351 g/mol. The van der Waals surface area contributed by atoms with Crippen LogP contribution in [0.4, 0.5) is 13.9 Å². The second-order valence-corrected chi connectivity index (χ2v) is 5.87. The molecule has 116 valence electrons. The molecule has 1 N–H and O–H groups in total. The molecule has 0 aliphatic heterocycles. The van der Waals surface area contributed by atoms with Crippen molar-refractivity contribution in [3.05, 3.63) is 70.1 Å². The highest BCUT2D eigenvalue weighted by Gasteiger charge is 2.13. The van der Waals surface area contributed by atoms with Crippen LogP contribution in [0.15, 0.2) is 47.8 Å². The molecule has 23 heavy (non-hydrogen) atoms. The van der Waals surface area contributed by atoms with Gasteiger partial charge in [-0.05, 0) is 30.3 Å². The van der Waals surface area contributed by atoms with Crippen LogP contribution in [0.1, 0.15) is 10.4 Å². The number of anilines is 1. The van der Waals surface area contributed by atoms with Gasteiger partial charge in [0.25, 0.3) is 5.91 Å². The lowest BCUT2D eigenvalue weighted by Gasteiger charge is -2.02. The molecule has 1 amide bonds. The Morgan fingerprint density at radius 2 is 1.91 bits per heavy atom. The number of amides is 1. The number of hydrogen-bond acceptors (Lipinski definition) is 3. The highest BCUT2D eigenvalue weighted by molar-refractivity contribution is 7.14. The van der Waals surface area contributed by atoms with Crippen molar-refractivity contribution in [2.24, 2.45) is 0 Å². The fraction of sp³-hybridized carbons (Fsp3) is 0. The lowest BCUT2D eigenvalue weighted by molar-refractivity contribution is 0.102. The van der Waals surface area contributed by atoms with Gasteiger partial charge in [0.05, 0.1) is 16.3 Å². The van der Waals surface area contributed by atoms with Gasteiger partial charge in [-0.15, -0.1) is 11.3 Å². The molecule has 0 aliphatic rings. The second kappa shape index (κ2) is 6.44. The standard InChI is InChI=1S/C16H9ClF2N2OS/c17-11-7-9(5-6-13(11)19)14-8-23-16(20-14)21-15(22)10-3-1-2-4-12(10)18/h1-8H,(H,20,21,22). The topological polar surface area (TPSA) is 42.0 Å². The smallest absolute Gasteiger partial charge is 0.260 e. The van der Waals surface area contributed by atoms with Crippen molar-refractivity contribution >= 4 is 34.0 Å². The summed E-state index contributed by atoms with van der Waals surface area (Å²) in [5.41, 5.74) is 1.11. The lowest BCUT2D eigenvalue weighted by Crippen LogP contribution is -2.13. The number of aromatic nitrogens is 1. The molecule has 3 aromatic rings. The maximum atomic E-state index is 13.6. The summed E-state index contributed by atoms with van der Waals surface area (Å²) in [5.74, 6) is -1.70. The largest absolute Gasteiger partial charge is 0.298 e. The molecule has 0 unspecified atom stereocenters. The summed E-state index contributed by atoms with van der Waals surface area (Å²) in [6.07, 6.45) is 0. The summed E-state index contributed by atoms with van der Waals surface area (Å²) in [6.45, 7) is 0. The number of rotatable bonds is 3. The zero-order valence-corrected chi connectivity index (χ0v) is 13.1. The molecule has 0 saturated heterocycles. The molecule has 7 heteroatoms. The third kappa shape index (κ3) is 3.38. The molecule has 0 aliphatic carbocycles. The summed E-state index contributed by atoms with van der Waals surface area (Å²) in [4.78, 5) is 16.3. The molecule has 0 radical (unpaired) electrons. The molecule has 0 spiro atoms. The molecule has 3 rings (SSSR count). The van der Waals surface area contributed by atoms with Gasteiger partial charge in [-0.2, -0.15) is 0 Å². The van der Waals surface area contributed by atoms with Crippen LogP contribution in [-0.4, -0.2) is 10.9 Å². The first-order valence-corrected chi connectivity index (χ1v) is 7.77. The summed E-state index contributed by atoms with van der Waals surface area (Å²) in [7, 11) is 0. The molecular formula is C16H9ClF2N2OS. The van der Waals surface area contributed by atoms with Gasteiger partial charge in [0.1, 0.15) is 11.6 Å². The third-order valence-corrected chi connectivity index (χ3v) is 4.11. The van der Waals surface area contributed by atoms with E-state index in [4.69, 9.17) is 11.6 Å². The average Bonchev–Trinajstić information content (AvgIpc) is 2.99. The Kier molecular flexibility index (Phi) is 4.36. The number of halogens is 3. The highest BCUT2D eigenvalue weighted by Crippen LogP contribution is 2.28. The van der Waals surface area contributed by atoms with Crippen LogP contribution in [0.3, 0.4) is 0 Å². The fourth-order valence-electron chi connectivity index (χ4n) is 1.93. The number of thiazole rings is 1. The van der Waals surface area contributed by atoms with Crippen molar-refractivity contribution in [2.45, 2.75) is 0 Å². The number of carbonyl (C=O) groups is 1. The Hall–Kier alpha value is -2.31. The van der Waals surface area contributed by atoms with Gasteiger partial charge in [-0.3, -0.25) is 10.1 Å². The van der Waals surface area contributed by atoms with E-state index in [9.17, 15) is 13.6 Å². The van der Waals surface area contributed by atoms with E-state index in [1.54, 1.807) is 17.5 Å². The van der Waals surface area contributed by atoms with Crippen LogP contribution in [-0.2, 0) is 0 Å². The minimum atomic E-state index is -0.605. The van der Waals surface area contributed by atoms with E-state index in [2.05, 4.69) is 10.3 Å². The summed E-state index contributed by atoms with van der Waals surface area (Å²) < 4.78 is 26.7. The first-order chi connectivity index (χ1) is 11.0. The predicted molar refractivity (Wildman–Crippen MR) is 86.9 cm³/mol. The number of nitrogens with one attached hydrogen (secondary N) is 1. The maximum absolute atomic E-state index is 13.6. The first-order valence-electron chi connectivity index (χ1n) is 6.51. The van der Waals surface area contributed by atoms with Gasteiger partial charge in [0.2, 0.25) is 0 Å². The minimum Gasteiger partial charge on any atom is -0.298 e. The number of nitrogens with zero attached hydrogens (tertiary/aromatic N) is 1. The monoisotopic (exact) mass is 350 g/mol. The molecule has 0 fully saturated rings. The molecule has 0 saturated carbocycles. The van der Waals surface area contributed by atoms with Crippen LogP contribution in [0.2, 0.25) is 5.02 Å². The predicted octanol–water partition coefficient (Wildman–Crippen LogP) is 4.99. The Morgan fingerprint density at radius 1 is 1.13 bits per heavy atom. The Labute approximate surface area is 139 Å². The summed E-state index contributed by atoms with van der Waals surface area (Å²) in [6, 6.07) is 9.92. The number of benzene rings is 2. The van der Waals surface area contributed by atoms with Crippen LogP contribution in [0.25, 0.3) is 11.3 Å². The van der Waals surface area contributed by atoms with Gasteiger partial charge in [-0.1, -0.05) is 23.7 Å². The number of hydrogen-bond donors (Lipinski definition) is 1. The molecule has 1 heterocycles. The third-order valence-electron chi connectivity index (χ3n) is 3.06. The fourth-order valence-corrected chi connectivity index (χ4v) is 2.82. The van der Waals surface area contributed by atoms with Crippen LogP contribution >= 0.6 is 22.9 Å². The first kappa shape index (κ1) is 15.6. The molecule has 0 bridgehead atoms. The Morgan fingerprint density at radius 3 is 2.65 bits per heavy atom. The normalized spacial score (nSPS) is 10.6. The molecular weight excluding hydrogens is 342 g/mol. The van der Waals surface area contributed by atoms with Crippen LogP contribution < -0.4 is 5.32 Å². The zero-order chi connectivity index (χ0) is 16.4. The highest BCUT2D eigenvalue weighted by atomic mass is 35.5. The quantitative estimate of drug-likeness (QED) is 0.722. The summed E-state index contributed by atoms with van der Waals surface area (Å²) >= 11 is 6.92. The van der Waals surface area contributed by atoms with E-state index in [-0.39, 0.29) is 10.6 Å². The van der Waals surface area contributed by atoms with E-state index < -0.39 is 17.5 Å². The van der Waals surface area contributed by atoms with Gasteiger partial charge in [-0.25, -0.2) is 13.8 Å². The van der Waals surface area contributed by atoms with Crippen molar-refractivity contribution < 1.29 is 13.6 Å². The molecule has 1 aromatic heterocycles. The van der Waals surface area contributed by atoms with E-state index in [0.29, 0.717) is 16.4 Å². The van der Waals surface area contributed by atoms with Crippen molar-refractivity contribution in [2.75, 3.05) is 5.32 Å². The Bertz CT molecular complexity index is 882. The minimum absolute atomic E-state index is 0.00700. The van der Waals surface area contributed by atoms with Crippen LogP contribution in [0.5, 0.6) is 0 Å². The number of carbonyl (C=O) groups excluding carboxylic acids is 1. The summed E-state index contributed by atoms with van der Waals surface area (Å²) in [5, 5.41) is 4.54. The Balaban J connectivity index is 1.81. The van der Waals surface area contributed by atoms with Crippen molar-refractivity contribution in [3.8, 4) is 11.3 Å². The van der Waals surface area contributed by atoms with Crippen molar-refractivity contribution in [1.29, 1.82) is 0 Å². The van der Waals surface area contributed by atoms with Crippen molar-refractivity contribution in [3.63, 3.8) is 0 Å². The maximum Gasteiger partial charge on any atom is 0.260 e. The van der Waals surface area contributed by atoms with E-state index in [1.165, 1.54) is 41.7 Å². The van der Waals surface area contributed by atoms with Gasteiger partial charge < -0.3 is 0 Å². The molecule has 2 aromatic carbocycles.